The molecule has 0 aliphatic heterocycles. The second-order valence-electron chi connectivity index (χ2n) is 3.93. The van der Waals surface area contributed by atoms with Crippen LogP contribution in [0.15, 0.2) is 12.1 Å². The van der Waals surface area contributed by atoms with Crippen LogP contribution in [-0.2, 0) is 16.0 Å². The molecule has 5 nitrogen and oxygen atoms in total. The lowest BCUT2D eigenvalue weighted by Gasteiger charge is -2.11. The molecule has 0 amide bonds. The van der Waals surface area contributed by atoms with Crippen molar-refractivity contribution in [3.05, 3.63) is 23.3 Å². The van der Waals surface area contributed by atoms with Gasteiger partial charge in [-0.05, 0) is 17.7 Å². The third kappa shape index (κ3) is 2.22. The van der Waals surface area contributed by atoms with Gasteiger partial charge in [0.25, 0.3) is 0 Å². The number of carbonyl (C=O) groups excluding carboxylic acids is 2. The van der Waals surface area contributed by atoms with Crippen LogP contribution in [0.1, 0.15) is 15.9 Å². The highest BCUT2D eigenvalue weighted by Crippen LogP contribution is 2.34. The Kier molecular flexibility index (Phi) is 3.62. The molecule has 1 aliphatic carbocycles. The fourth-order valence-corrected chi connectivity index (χ4v) is 1.87. The molecule has 5 heteroatoms. The zero-order valence-electron chi connectivity index (χ0n) is 10.3. The number of rotatable bonds is 5. The molecule has 0 unspecified atom stereocenters. The smallest absolute Gasteiger partial charge is 0.229 e. The molecule has 0 atom stereocenters. The predicted octanol–water partition coefficient (Wildman–Crippen LogP) is 1.03. The first-order chi connectivity index (χ1) is 8.67. The summed E-state index contributed by atoms with van der Waals surface area (Å²) in [6.07, 6.45) is 0.142. The van der Waals surface area contributed by atoms with Gasteiger partial charge >= 0.3 is 0 Å². The average Bonchev–Trinajstić information content (AvgIpc) is 2.64. The fraction of sp³-hybridized carbons (Fsp3) is 0.385. The molecule has 0 aromatic heterocycles. The van der Waals surface area contributed by atoms with Crippen molar-refractivity contribution in [2.75, 3.05) is 27.4 Å². The normalized spacial score (nSPS) is 13.7. The van der Waals surface area contributed by atoms with Crippen molar-refractivity contribution in [3.8, 4) is 11.5 Å². The van der Waals surface area contributed by atoms with Crippen molar-refractivity contribution in [1.29, 1.82) is 0 Å². The summed E-state index contributed by atoms with van der Waals surface area (Å²) < 4.78 is 15.5. The molecule has 1 aromatic carbocycles. The second-order valence-corrected chi connectivity index (χ2v) is 3.93. The number of benzene rings is 1. The second kappa shape index (κ2) is 5.18. The van der Waals surface area contributed by atoms with Crippen molar-refractivity contribution in [2.45, 2.75) is 6.42 Å². The van der Waals surface area contributed by atoms with Crippen molar-refractivity contribution in [1.82, 2.24) is 0 Å². The molecule has 1 aromatic rings. The molecular formula is C13H14O5. The monoisotopic (exact) mass is 250 g/mol. The summed E-state index contributed by atoms with van der Waals surface area (Å²) in [6, 6.07) is 3.25. The van der Waals surface area contributed by atoms with E-state index in [1.165, 1.54) is 7.11 Å². The summed E-state index contributed by atoms with van der Waals surface area (Å²) in [4.78, 5) is 23.0. The Bertz CT molecular complexity index is 492. The van der Waals surface area contributed by atoms with E-state index in [2.05, 4.69) is 0 Å². The van der Waals surface area contributed by atoms with Crippen LogP contribution >= 0.6 is 0 Å². The molecule has 0 saturated heterocycles. The molecule has 0 saturated carbocycles. The summed E-state index contributed by atoms with van der Waals surface area (Å²) in [5.41, 5.74) is 1.11. The van der Waals surface area contributed by atoms with Gasteiger partial charge in [-0.1, -0.05) is 0 Å². The van der Waals surface area contributed by atoms with E-state index in [9.17, 15) is 9.59 Å². The van der Waals surface area contributed by atoms with E-state index in [1.54, 1.807) is 19.2 Å². The van der Waals surface area contributed by atoms with Crippen LogP contribution in [0.25, 0.3) is 0 Å². The maximum absolute atomic E-state index is 11.6. The standard InChI is InChI=1S/C13H14O5/c1-16-3-4-18-12-7-9-8(6-11(12)17-2)5-10(14)13(9)15/h6-7H,3-5H2,1-2H3. The number of ether oxygens (including phenoxy) is 3. The van der Waals surface area contributed by atoms with Gasteiger partial charge in [0.15, 0.2) is 11.5 Å². The van der Waals surface area contributed by atoms with E-state index >= 15 is 0 Å². The van der Waals surface area contributed by atoms with Crippen LogP contribution in [0, 0.1) is 0 Å². The molecule has 1 aliphatic rings. The predicted molar refractivity (Wildman–Crippen MR) is 63.4 cm³/mol. The molecule has 18 heavy (non-hydrogen) atoms. The van der Waals surface area contributed by atoms with Gasteiger partial charge in [0.05, 0.1) is 13.7 Å². The molecular weight excluding hydrogens is 236 g/mol. The lowest BCUT2D eigenvalue weighted by molar-refractivity contribution is -0.114. The highest BCUT2D eigenvalue weighted by Gasteiger charge is 2.30. The fourth-order valence-electron chi connectivity index (χ4n) is 1.87. The topological polar surface area (TPSA) is 61.8 Å². The van der Waals surface area contributed by atoms with E-state index in [1.807, 2.05) is 0 Å². The highest BCUT2D eigenvalue weighted by molar-refractivity contribution is 6.47. The molecule has 0 bridgehead atoms. The zero-order valence-corrected chi connectivity index (χ0v) is 10.3. The van der Waals surface area contributed by atoms with Gasteiger partial charge in [0.2, 0.25) is 11.6 Å². The average molecular weight is 250 g/mol. The van der Waals surface area contributed by atoms with E-state index in [4.69, 9.17) is 14.2 Å². The largest absolute Gasteiger partial charge is 0.493 e. The van der Waals surface area contributed by atoms with E-state index in [0.29, 0.717) is 35.8 Å². The Hall–Kier alpha value is -1.88. The Balaban J connectivity index is 2.30. The Morgan fingerprint density at radius 1 is 1.11 bits per heavy atom. The van der Waals surface area contributed by atoms with Crippen molar-refractivity contribution >= 4 is 11.6 Å². The lowest BCUT2D eigenvalue weighted by Crippen LogP contribution is -2.07. The first-order valence-electron chi connectivity index (χ1n) is 5.57. The maximum atomic E-state index is 11.6. The summed E-state index contributed by atoms with van der Waals surface area (Å²) >= 11 is 0. The van der Waals surface area contributed by atoms with E-state index in [-0.39, 0.29) is 12.2 Å². The number of methoxy groups -OCH3 is 2. The van der Waals surface area contributed by atoms with Crippen molar-refractivity contribution in [2.24, 2.45) is 0 Å². The first-order valence-corrected chi connectivity index (χ1v) is 5.57. The highest BCUT2D eigenvalue weighted by atomic mass is 16.5. The number of ketones is 2. The van der Waals surface area contributed by atoms with Gasteiger partial charge in [0.1, 0.15) is 6.61 Å². The Labute approximate surface area is 105 Å². The van der Waals surface area contributed by atoms with Crippen LogP contribution < -0.4 is 9.47 Å². The van der Waals surface area contributed by atoms with Crippen LogP contribution in [0.2, 0.25) is 0 Å². The summed E-state index contributed by atoms with van der Waals surface area (Å²) in [5, 5.41) is 0. The third-order valence-corrected chi connectivity index (χ3v) is 2.78. The van der Waals surface area contributed by atoms with Gasteiger partial charge in [-0.2, -0.15) is 0 Å². The minimum Gasteiger partial charge on any atom is -0.493 e. The molecule has 0 spiro atoms. The number of hydrogen-bond acceptors (Lipinski definition) is 5. The van der Waals surface area contributed by atoms with Crippen molar-refractivity contribution < 1.29 is 23.8 Å². The zero-order chi connectivity index (χ0) is 13.1. The van der Waals surface area contributed by atoms with Crippen LogP contribution in [0.5, 0.6) is 11.5 Å². The minimum absolute atomic E-state index is 0.142. The molecule has 2 rings (SSSR count). The number of carbonyl (C=O) groups is 2. The molecule has 0 heterocycles. The Morgan fingerprint density at radius 3 is 2.56 bits per heavy atom. The van der Waals surface area contributed by atoms with E-state index < -0.39 is 5.78 Å². The van der Waals surface area contributed by atoms with Gasteiger partial charge in [-0.25, -0.2) is 0 Å². The molecule has 0 radical (unpaired) electrons. The number of fused-ring (bicyclic) bond motifs is 1. The molecule has 0 N–H and O–H groups in total. The molecule has 0 fully saturated rings. The SMILES string of the molecule is COCCOc1cc2c(cc1OC)CC(=O)C2=O. The van der Waals surface area contributed by atoms with Crippen LogP contribution in [0.4, 0.5) is 0 Å². The van der Waals surface area contributed by atoms with Gasteiger partial charge in [-0.15, -0.1) is 0 Å². The maximum Gasteiger partial charge on any atom is 0.229 e. The van der Waals surface area contributed by atoms with Crippen LogP contribution in [-0.4, -0.2) is 39.0 Å². The number of hydrogen-bond donors (Lipinski definition) is 0. The first kappa shape index (κ1) is 12.6. The van der Waals surface area contributed by atoms with Gasteiger partial charge in [0, 0.05) is 19.1 Å². The minimum atomic E-state index is -0.454. The van der Waals surface area contributed by atoms with Crippen LogP contribution in [0.3, 0.4) is 0 Å². The third-order valence-electron chi connectivity index (χ3n) is 2.78. The van der Waals surface area contributed by atoms with E-state index in [0.717, 1.165) is 0 Å². The number of Topliss-reactive ketones (excluding diaryl/α,β-unsaturated/α-hetero) is 2. The Morgan fingerprint density at radius 2 is 1.89 bits per heavy atom. The summed E-state index contributed by atoms with van der Waals surface area (Å²) in [6.45, 7) is 0.793. The van der Waals surface area contributed by atoms with Gasteiger partial charge in [-0.3, -0.25) is 9.59 Å². The molecule has 96 valence electrons. The lowest BCUT2D eigenvalue weighted by atomic mass is 10.1. The van der Waals surface area contributed by atoms with Crippen molar-refractivity contribution in [3.63, 3.8) is 0 Å². The summed E-state index contributed by atoms with van der Waals surface area (Å²) in [7, 11) is 3.09. The summed E-state index contributed by atoms with van der Waals surface area (Å²) in [5.74, 6) is 0.133. The van der Waals surface area contributed by atoms with Gasteiger partial charge < -0.3 is 14.2 Å². The quantitative estimate of drug-likeness (QED) is 0.577.